The van der Waals surface area contributed by atoms with Crippen molar-refractivity contribution in [3.8, 4) is 5.75 Å². The second-order valence-corrected chi connectivity index (χ2v) is 8.32. The molecular formula is C24H41N2O3+. The van der Waals surface area contributed by atoms with Crippen LogP contribution in [-0.4, -0.2) is 50.0 Å². The van der Waals surface area contributed by atoms with E-state index < -0.39 is 6.09 Å². The molecule has 0 aliphatic carbocycles. The second kappa shape index (κ2) is 13.5. The van der Waals surface area contributed by atoms with Crippen molar-refractivity contribution in [3.63, 3.8) is 0 Å². The zero-order valence-electron chi connectivity index (χ0n) is 18.6. The highest BCUT2D eigenvalue weighted by Crippen LogP contribution is 2.24. The van der Waals surface area contributed by atoms with Gasteiger partial charge >= 0.3 is 6.09 Å². The standard InChI is InChI=1S/C24H40N2O3/c1-3-5-10-16-26(17-11-7-12-18-26)19-21-29-24(27)25-22-14-8-9-15-23(22)28-20-13-6-4-2/h8-9,14-15H,3-7,10-13,16-21H2,1-2H3/p+1. The Balaban J connectivity index is 1.79. The number of unbranched alkanes of at least 4 members (excludes halogenated alkanes) is 4. The maximum atomic E-state index is 12.4. The molecule has 0 radical (unpaired) electrons. The predicted octanol–water partition coefficient (Wildman–Crippen LogP) is 6.00. The van der Waals surface area contributed by atoms with Crippen LogP contribution in [0.2, 0.25) is 0 Å². The van der Waals surface area contributed by atoms with Crippen molar-refractivity contribution in [2.75, 3.05) is 44.7 Å². The van der Waals surface area contributed by atoms with Gasteiger partial charge in [0.2, 0.25) is 0 Å². The van der Waals surface area contributed by atoms with E-state index in [2.05, 4.69) is 19.2 Å². The van der Waals surface area contributed by atoms with Gasteiger partial charge in [-0.25, -0.2) is 4.79 Å². The van der Waals surface area contributed by atoms with Crippen LogP contribution in [-0.2, 0) is 4.74 Å². The van der Waals surface area contributed by atoms with E-state index >= 15 is 0 Å². The molecule has 1 N–H and O–H groups in total. The highest BCUT2D eigenvalue weighted by molar-refractivity contribution is 5.86. The van der Waals surface area contributed by atoms with Gasteiger partial charge < -0.3 is 14.0 Å². The smallest absolute Gasteiger partial charge is 0.411 e. The van der Waals surface area contributed by atoms with E-state index in [1.807, 2.05) is 24.3 Å². The molecule has 5 heteroatoms. The Morgan fingerprint density at radius 1 is 0.931 bits per heavy atom. The summed E-state index contributed by atoms with van der Waals surface area (Å²) in [6, 6.07) is 7.57. The van der Waals surface area contributed by atoms with Gasteiger partial charge in [0, 0.05) is 0 Å². The summed E-state index contributed by atoms with van der Waals surface area (Å²) >= 11 is 0. The van der Waals surface area contributed by atoms with Crippen molar-refractivity contribution in [2.24, 2.45) is 0 Å². The molecule has 0 aromatic heterocycles. The molecule has 0 unspecified atom stereocenters. The lowest BCUT2D eigenvalue weighted by atomic mass is 10.1. The van der Waals surface area contributed by atoms with Crippen LogP contribution in [0.3, 0.4) is 0 Å². The van der Waals surface area contributed by atoms with Crippen LogP contribution in [0.25, 0.3) is 0 Å². The zero-order chi connectivity index (χ0) is 20.8. The Morgan fingerprint density at radius 2 is 1.66 bits per heavy atom. The van der Waals surface area contributed by atoms with Crippen LogP contribution in [0.5, 0.6) is 5.75 Å². The SMILES string of the molecule is CCCCCOc1ccccc1NC(=O)OCC[N+]1(CCCCC)CCCCC1. The number of hydrogen-bond donors (Lipinski definition) is 1. The van der Waals surface area contributed by atoms with Crippen LogP contribution < -0.4 is 10.1 Å². The normalized spacial score (nSPS) is 15.7. The largest absolute Gasteiger partial charge is 0.491 e. The van der Waals surface area contributed by atoms with Crippen molar-refractivity contribution >= 4 is 11.8 Å². The van der Waals surface area contributed by atoms with E-state index in [1.165, 1.54) is 58.2 Å². The van der Waals surface area contributed by atoms with Gasteiger partial charge in [0.25, 0.3) is 0 Å². The number of benzene rings is 1. The summed E-state index contributed by atoms with van der Waals surface area (Å²) in [5.41, 5.74) is 0.679. The highest BCUT2D eigenvalue weighted by atomic mass is 16.5. The van der Waals surface area contributed by atoms with E-state index in [0.29, 0.717) is 24.7 Å². The van der Waals surface area contributed by atoms with Crippen molar-refractivity contribution in [1.82, 2.24) is 0 Å². The lowest BCUT2D eigenvalue weighted by molar-refractivity contribution is -0.932. The summed E-state index contributed by atoms with van der Waals surface area (Å²) in [6.45, 7) is 10.1. The number of nitrogens with zero attached hydrogens (tertiary/aromatic N) is 1. The maximum Gasteiger partial charge on any atom is 0.411 e. The molecule has 0 atom stereocenters. The van der Waals surface area contributed by atoms with E-state index in [0.717, 1.165) is 30.3 Å². The van der Waals surface area contributed by atoms with Crippen LogP contribution in [0.1, 0.15) is 71.6 Å². The Kier molecular flexibility index (Phi) is 10.9. The van der Waals surface area contributed by atoms with Crippen molar-refractivity contribution in [2.45, 2.75) is 71.6 Å². The zero-order valence-corrected chi connectivity index (χ0v) is 18.6. The topological polar surface area (TPSA) is 47.6 Å². The van der Waals surface area contributed by atoms with Gasteiger partial charge in [-0.15, -0.1) is 0 Å². The molecule has 1 amide bonds. The number of likely N-dealkylation sites (tertiary alicyclic amines) is 1. The third-order valence-corrected chi connectivity index (χ3v) is 5.93. The van der Waals surface area contributed by atoms with Gasteiger partial charge in [-0.3, -0.25) is 5.32 Å². The average Bonchev–Trinajstić information content (AvgIpc) is 2.73. The molecule has 1 aliphatic heterocycles. The van der Waals surface area contributed by atoms with Gasteiger partial charge in [0.05, 0.1) is 31.9 Å². The molecule has 0 saturated carbocycles. The Labute approximate surface area is 177 Å². The van der Waals surface area contributed by atoms with E-state index in [9.17, 15) is 4.79 Å². The number of anilines is 1. The number of ether oxygens (including phenoxy) is 2. The van der Waals surface area contributed by atoms with Crippen LogP contribution in [0, 0.1) is 0 Å². The highest BCUT2D eigenvalue weighted by Gasteiger charge is 2.29. The van der Waals surface area contributed by atoms with E-state index in [-0.39, 0.29) is 0 Å². The Morgan fingerprint density at radius 3 is 2.41 bits per heavy atom. The molecule has 1 fully saturated rings. The maximum absolute atomic E-state index is 12.4. The fraction of sp³-hybridized carbons (Fsp3) is 0.708. The minimum atomic E-state index is -0.390. The number of rotatable bonds is 13. The fourth-order valence-corrected chi connectivity index (χ4v) is 4.15. The summed E-state index contributed by atoms with van der Waals surface area (Å²) < 4.78 is 12.5. The summed E-state index contributed by atoms with van der Waals surface area (Å²) in [5, 5.41) is 2.86. The number of carbonyl (C=O) groups is 1. The van der Waals surface area contributed by atoms with Gasteiger partial charge in [-0.1, -0.05) is 45.2 Å². The molecule has 2 rings (SSSR count). The lowest BCUT2D eigenvalue weighted by Gasteiger charge is -2.41. The fourth-order valence-electron chi connectivity index (χ4n) is 4.15. The lowest BCUT2D eigenvalue weighted by Crippen LogP contribution is -2.54. The summed E-state index contributed by atoms with van der Waals surface area (Å²) in [6.07, 6.45) is 10.7. The van der Waals surface area contributed by atoms with Crippen molar-refractivity contribution in [3.05, 3.63) is 24.3 Å². The molecule has 1 aromatic carbocycles. The molecule has 164 valence electrons. The van der Waals surface area contributed by atoms with E-state index in [1.54, 1.807) is 0 Å². The van der Waals surface area contributed by atoms with Crippen LogP contribution >= 0.6 is 0 Å². The number of para-hydroxylation sites is 2. The third-order valence-electron chi connectivity index (χ3n) is 5.93. The number of piperidine rings is 1. The molecule has 0 spiro atoms. The summed E-state index contributed by atoms with van der Waals surface area (Å²) in [5.74, 6) is 0.708. The number of carbonyl (C=O) groups excluding carboxylic acids is 1. The van der Waals surface area contributed by atoms with Crippen molar-refractivity contribution in [1.29, 1.82) is 0 Å². The number of hydrogen-bond acceptors (Lipinski definition) is 3. The van der Waals surface area contributed by atoms with Crippen LogP contribution in [0.15, 0.2) is 24.3 Å². The monoisotopic (exact) mass is 405 g/mol. The van der Waals surface area contributed by atoms with Gasteiger partial charge in [0.1, 0.15) is 18.9 Å². The summed E-state index contributed by atoms with van der Waals surface area (Å²) in [4.78, 5) is 12.4. The third kappa shape index (κ3) is 8.65. The first-order valence-corrected chi connectivity index (χ1v) is 11.7. The predicted molar refractivity (Wildman–Crippen MR) is 120 cm³/mol. The molecule has 5 nitrogen and oxygen atoms in total. The van der Waals surface area contributed by atoms with Gasteiger partial charge in [-0.2, -0.15) is 0 Å². The summed E-state index contributed by atoms with van der Waals surface area (Å²) in [7, 11) is 0. The molecule has 0 bridgehead atoms. The van der Waals surface area contributed by atoms with Crippen molar-refractivity contribution < 1.29 is 18.8 Å². The number of amides is 1. The molecular weight excluding hydrogens is 364 g/mol. The van der Waals surface area contributed by atoms with Crippen LogP contribution in [0.4, 0.5) is 10.5 Å². The quantitative estimate of drug-likeness (QED) is 0.324. The first kappa shape index (κ1) is 23.5. The second-order valence-electron chi connectivity index (χ2n) is 8.32. The minimum Gasteiger partial charge on any atom is -0.491 e. The minimum absolute atomic E-state index is 0.390. The molecule has 29 heavy (non-hydrogen) atoms. The molecule has 1 heterocycles. The molecule has 1 aromatic rings. The Hall–Kier alpha value is -1.75. The average molecular weight is 406 g/mol. The van der Waals surface area contributed by atoms with Gasteiger partial charge in [0.15, 0.2) is 0 Å². The van der Waals surface area contributed by atoms with Gasteiger partial charge in [-0.05, 0) is 50.7 Å². The number of nitrogens with one attached hydrogen (secondary N) is 1. The first-order chi connectivity index (χ1) is 14.2. The number of quaternary nitrogens is 1. The van der Waals surface area contributed by atoms with E-state index in [4.69, 9.17) is 9.47 Å². The Bertz CT molecular complexity index is 585. The first-order valence-electron chi connectivity index (χ1n) is 11.7. The molecule has 1 aliphatic rings. The molecule has 1 saturated heterocycles.